The zero-order chi connectivity index (χ0) is 15.3. The van der Waals surface area contributed by atoms with Crippen LogP contribution in [0.4, 0.5) is 0 Å². The third-order valence-electron chi connectivity index (χ3n) is 7.00. The molecule has 0 radical (unpaired) electrons. The van der Waals surface area contributed by atoms with Crippen molar-refractivity contribution in [2.45, 2.75) is 57.5 Å². The van der Waals surface area contributed by atoms with Crippen molar-refractivity contribution in [1.82, 2.24) is 0 Å². The molecule has 0 aromatic heterocycles. The standard InChI is InChI=1S/C20H28O2/c1-20-9-8-17-16-7-5-14(21-2)10-13(16)4-6-18(17)19(20)11-15(12-20)22-3/h5,7,10,15,17-19H,4,6,8-9,11-12H2,1-3H3/t15?,17-,18-,19+,20-/m1/s1. The molecular weight excluding hydrogens is 272 g/mol. The summed E-state index contributed by atoms with van der Waals surface area (Å²) in [6.45, 7) is 2.52. The summed E-state index contributed by atoms with van der Waals surface area (Å²) in [4.78, 5) is 0. The summed E-state index contributed by atoms with van der Waals surface area (Å²) in [6, 6.07) is 6.77. The first-order chi connectivity index (χ1) is 10.6. The summed E-state index contributed by atoms with van der Waals surface area (Å²) < 4.78 is 11.1. The van der Waals surface area contributed by atoms with Gasteiger partial charge in [-0.1, -0.05) is 13.0 Å². The van der Waals surface area contributed by atoms with Crippen molar-refractivity contribution in [1.29, 1.82) is 0 Å². The van der Waals surface area contributed by atoms with E-state index in [1.807, 2.05) is 7.11 Å². The molecule has 2 fully saturated rings. The molecule has 0 amide bonds. The predicted octanol–water partition coefficient (Wildman–Crippen LogP) is 4.57. The molecule has 3 aliphatic rings. The Bertz CT molecular complexity index is 567. The highest BCUT2D eigenvalue weighted by molar-refractivity contribution is 5.40. The Labute approximate surface area is 134 Å². The van der Waals surface area contributed by atoms with Crippen molar-refractivity contribution < 1.29 is 9.47 Å². The third kappa shape index (κ3) is 2.11. The Hall–Kier alpha value is -1.02. The van der Waals surface area contributed by atoms with Crippen LogP contribution in [0.15, 0.2) is 18.2 Å². The Morgan fingerprint density at radius 1 is 1.18 bits per heavy atom. The molecule has 0 N–H and O–H groups in total. The molecule has 1 unspecified atom stereocenters. The Morgan fingerprint density at radius 2 is 2.05 bits per heavy atom. The number of benzene rings is 1. The van der Waals surface area contributed by atoms with Gasteiger partial charge in [-0.2, -0.15) is 0 Å². The van der Waals surface area contributed by atoms with E-state index < -0.39 is 0 Å². The third-order valence-corrected chi connectivity index (χ3v) is 7.00. The highest BCUT2D eigenvalue weighted by Gasteiger charge is 2.53. The van der Waals surface area contributed by atoms with Crippen molar-refractivity contribution in [3.05, 3.63) is 29.3 Å². The summed E-state index contributed by atoms with van der Waals surface area (Å²) in [5.41, 5.74) is 3.66. The monoisotopic (exact) mass is 300 g/mol. The Balaban J connectivity index is 1.65. The molecule has 120 valence electrons. The average molecular weight is 300 g/mol. The lowest BCUT2D eigenvalue weighted by Gasteiger charge is -2.49. The highest BCUT2D eigenvalue weighted by atomic mass is 16.5. The number of hydrogen-bond donors (Lipinski definition) is 0. The topological polar surface area (TPSA) is 18.5 Å². The van der Waals surface area contributed by atoms with Gasteiger partial charge in [0.1, 0.15) is 5.75 Å². The van der Waals surface area contributed by atoms with Crippen LogP contribution in [0.25, 0.3) is 0 Å². The van der Waals surface area contributed by atoms with Gasteiger partial charge in [0, 0.05) is 7.11 Å². The van der Waals surface area contributed by atoms with Crippen LogP contribution in [-0.2, 0) is 11.2 Å². The van der Waals surface area contributed by atoms with Crippen molar-refractivity contribution >= 4 is 0 Å². The van der Waals surface area contributed by atoms with Crippen LogP contribution >= 0.6 is 0 Å². The number of fused-ring (bicyclic) bond motifs is 5. The van der Waals surface area contributed by atoms with E-state index in [1.54, 1.807) is 12.7 Å². The van der Waals surface area contributed by atoms with Gasteiger partial charge < -0.3 is 9.47 Å². The molecule has 0 heterocycles. The van der Waals surface area contributed by atoms with Gasteiger partial charge >= 0.3 is 0 Å². The van der Waals surface area contributed by atoms with Crippen molar-refractivity contribution in [2.24, 2.45) is 17.3 Å². The Kier molecular flexibility index (Phi) is 3.48. The zero-order valence-electron chi connectivity index (χ0n) is 14.1. The fourth-order valence-electron chi connectivity index (χ4n) is 5.86. The van der Waals surface area contributed by atoms with Crippen LogP contribution in [0.5, 0.6) is 5.75 Å². The van der Waals surface area contributed by atoms with E-state index in [0.29, 0.717) is 11.5 Å². The first kappa shape index (κ1) is 14.6. The largest absolute Gasteiger partial charge is 0.497 e. The van der Waals surface area contributed by atoms with E-state index in [0.717, 1.165) is 23.5 Å². The number of ether oxygens (including phenoxy) is 2. The van der Waals surface area contributed by atoms with Gasteiger partial charge in [0.15, 0.2) is 0 Å². The molecule has 2 saturated carbocycles. The summed E-state index contributed by atoms with van der Waals surface area (Å²) in [5.74, 6) is 3.49. The number of hydrogen-bond acceptors (Lipinski definition) is 2. The quantitative estimate of drug-likeness (QED) is 0.796. The SMILES string of the molecule is COc1ccc2c(c1)CC[C@@H]1[C@@H]2CC[C@]2(C)CC(OC)C[C@@H]12. The molecule has 1 aromatic rings. The van der Waals surface area contributed by atoms with Crippen molar-refractivity contribution in [3.63, 3.8) is 0 Å². The smallest absolute Gasteiger partial charge is 0.119 e. The van der Waals surface area contributed by atoms with Crippen LogP contribution in [0.1, 0.15) is 56.1 Å². The maximum absolute atomic E-state index is 5.73. The molecule has 2 nitrogen and oxygen atoms in total. The number of aryl methyl sites for hydroxylation is 1. The molecular formula is C20H28O2. The van der Waals surface area contributed by atoms with Gasteiger partial charge in [-0.3, -0.25) is 0 Å². The van der Waals surface area contributed by atoms with Crippen LogP contribution in [0, 0.1) is 17.3 Å². The predicted molar refractivity (Wildman–Crippen MR) is 88.4 cm³/mol. The van der Waals surface area contributed by atoms with Crippen molar-refractivity contribution in [2.75, 3.05) is 14.2 Å². The summed E-state index contributed by atoms with van der Waals surface area (Å²) in [6.07, 6.45) is 8.33. The lowest BCUT2D eigenvalue weighted by molar-refractivity contribution is 0.0591. The molecule has 1 aromatic carbocycles. The van der Waals surface area contributed by atoms with E-state index in [4.69, 9.17) is 9.47 Å². The highest BCUT2D eigenvalue weighted by Crippen LogP contribution is 2.61. The summed E-state index contributed by atoms with van der Waals surface area (Å²) >= 11 is 0. The molecule has 0 bridgehead atoms. The lowest BCUT2D eigenvalue weighted by atomic mass is 9.56. The molecule has 0 spiro atoms. The van der Waals surface area contributed by atoms with E-state index in [2.05, 4.69) is 25.1 Å². The van der Waals surface area contributed by atoms with Gasteiger partial charge in [0.25, 0.3) is 0 Å². The van der Waals surface area contributed by atoms with Crippen LogP contribution in [0.2, 0.25) is 0 Å². The van der Waals surface area contributed by atoms with Gasteiger partial charge in [-0.15, -0.1) is 0 Å². The molecule has 0 aliphatic heterocycles. The van der Waals surface area contributed by atoms with Crippen molar-refractivity contribution in [3.8, 4) is 5.75 Å². The molecule has 5 atom stereocenters. The fraction of sp³-hybridized carbons (Fsp3) is 0.700. The van der Waals surface area contributed by atoms with Gasteiger partial charge in [0.2, 0.25) is 0 Å². The van der Waals surface area contributed by atoms with Crippen LogP contribution in [0.3, 0.4) is 0 Å². The second-order valence-electron chi connectivity index (χ2n) is 7.97. The van der Waals surface area contributed by atoms with Crippen LogP contribution in [-0.4, -0.2) is 20.3 Å². The van der Waals surface area contributed by atoms with E-state index in [9.17, 15) is 0 Å². The van der Waals surface area contributed by atoms with E-state index in [-0.39, 0.29) is 0 Å². The number of methoxy groups -OCH3 is 2. The normalized spacial score (nSPS) is 39.8. The zero-order valence-corrected chi connectivity index (χ0v) is 14.1. The summed E-state index contributed by atoms with van der Waals surface area (Å²) in [5, 5.41) is 0. The Morgan fingerprint density at radius 3 is 2.82 bits per heavy atom. The maximum Gasteiger partial charge on any atom is 0.119 e. The molecule has 2 heteroatoms. The number of rotatable bonds is 2. The second-order valence-corrected chi connectivity index (χ2v) is 7.97. The average Bonchev–Trinajstić information content (AvgIpc) is 2.90. The van der Waals surface area contributed by atoms with Gasteiger partial charge in [0.05, 0.1) is 13.2 Å². The maximum atomic E-state index is 5.73. The van der Waals surface area contributed by atoms with Crippen LogP contribution < -0.4 is 4.74 Å². The van der Waals surface area contributed by atoms with Gasteiger partial charge in [-0.05, 0) is 85.0 Å². The van der Waals surface area contributed by atoms with E-state index >= 15 is 0 Å². The second kappa shape index (κ2) is 5.26. The molecule has 3 aliphatic carbocycles. The van der Waals surface area contributed by atoms with Gasteiger partial charge in [-0.25, -0.2) is 0 Å². The first-order valence-electron chi connectivity index (χ1n) is 8.84. The van der Waals surface area contributed by atoms with E-state index in [1.165, 1.54) is 44.1 Å². The minimum atomic E-state index is 0.492. The lowest BCUT2D eigenvalue weighted by Crippen LogP contribution is -2.39. The molecule has 22 heavy (non-hydrogen) atoms. The molecule has 4 rings (SSSR count). The summed E-state index contributed by atoms with van der Waals surface area (Å²) in [7, 11) is 3.66. The first-order valence-corrected chi connectivity index (χ1v) is 8.84. The minimum absolute atomic E-state index is 0.492. The fourth-order valence-corrected chi connectivity index (χ4v) is 5.86. The minimum Gasteiger partial charge on any atom is -0.497 e. The molecule has 0 saturated heterocycles.